The number of aliphatic imine (C=N–C) groups is 1. The number of thioether (sulfide) groups is 1. The second-order valence-electron chi connectivity index (χ2n) is 8.30. The Morgan fingerprint density at radius 2 is 1.29 bits per heavy atom. The Morgan fingerprint density at radius 3 is 1.94 bits per heavy atom. The van der Waals surface area contributed by atoms with Crippen LogP contribution in [0.25, 0.3) is 17.2 Å². The number of aryl methyl sites for hydroxylation is 2. The summed E-state index contributed by atoms with van der Waals surface area (Å²) < 4.78 is 0. The van der Waals surface area contributed by atoms with Gasteiger partial charge in [-0.2, -0.15) is 0 Å². The van der Waals surface area contributed by atoms with Crippen molar-refractivity contribution < 1.29 is 4.79 Å². The zero-order valence-corrected chi connectivity index (χ0v) is 19.9. The van der Waals surface area contributed by atoms with E-state index in [1.54, 1.807) is 4.90 Å². The first-order valence-corrected chi connectivity index (χ1v) is 12.0. The van der Waals surface area contributed by atoms with Crippen LogP contribution in [0, 0.1) is 13.8 Å². The van der Waals surface area contributed by atoms with Crippen LogP contribution in [0.4, 0.5) is 11.4 Å². The molecule has 0 spiro atoms. The van der Waals surface area contributed by atoms with Crippen LogP contribution in [0.15, 0.2) is 113 Å². The smallest absolute Gasteiger partial charge is 0.268 e. The van der Waals surface area contributed by atoms with Gasteiger partial charge < -0.3 is 0 Å². The highest BCUT2D eigenvalue weighted by Crippen LogP contribution is 2.37. The predicted molar refractivity (Wildman–Crippen MR) is 144 cm³/mol. The molecule has 34 heavy (non-hydrogen) atoms. The monoisotopic (exact) mass is 460 g/mol. The Hall–Kier alpha value is -3.89. The molecular weight excluding hydrogens is 436 g/mol. The van der Waals surface area contributed by atoms with Crippen molar-refractivity contribution in [3.8, 4) is 11.1 Å². The number of amides is 1. The average Bonchev–Trinajstić information content (AvgIpc) is 3.16. The van der Waals surface area contributed by atoms with Crippen molar-refractivity contribution in [3.05, 3.63) is 125 Å². The van der Waals surface area contributed by atoms with Gasteiger partial charge in [0, 0.05) is 0 Å². The van der Waals surface area contributed by atoms with Crippen LogP contribution >= 0.6 is 11.8 Å². The lowest BCUT2D eigenvalue weighted by molar-refractivity contribution is -0.113. The number of carbonyl (C=O) groups excluding carboxylic acids is 1. The first kappa shape index (κ1) is 21.9. The van der Waals surface area contributed by atoms with Gasteiger partial charge in [0.1, 0.15) is 0 Å². The molecule has 0 aromatic heterocycles. The Bertz CT molecular complexity index is 1370. The van der Waals surface area contributed by atoms with Crippen LogP contribution in [0.2, 0.25) is 0 Å². The molecule has 1 aliphatic heterocycles. The first-order valence-electron chi connectivity index (χ1n) is 11.2. The maximum absolute atomic E-state index is 13.5. The molecule has 0 saturated carbocycles. The number of anilines is 1. The lowest BCUT2D eigenvalue weighted by Gasteiger charge is -2.16. The highest BCUT2D eigenvalue weighted by Gasteiger charge is 2.34. The van der Waals surface area contributed by atoms with E-state index >= 15 is 0 Å². The van der Waals surface area contributed by atoms with Crippen molar-refractivity contribution in [1.82, 2.24) is 0 Å². The molecule has 0 atom stereocenters. The molecule has 4 aromatic rings. The van der Waals surface area contributed by atoms with E-state index in [9.17, 15) is 4.79 Å². The van der Waals surface area contributed by atoms with Crippen molar-refractivity contribution >= 4 is 40.3 Å². The van der Waals surface area contributed by atoms with E-state index in [0.717, 1.165) is 28.1 Å². The van der Waals surface area contributed by atoms with Gasteiger partial charge in [-0.3, -0.25) is 9.69 Å². The summed E-state index contributed by atoms with van der Waals surface area (Å²) in [5, 5.41) is 0.657. The molecule has 166 valence electrons. The Labute approximate surface area is 204 Å². The van der Waals surface area contributed by atoms with Crippen molar-refractivity contribution in [2.75, 3.05) is 4.90 Å². The molecule has 1 heterocycles. The molecule has 0 unspecified atom stereocenters. The maximum Gasteiger partial charge on any atom is 0.271 e. The van der Waals surface area contributed by atoms with E-state index in [0.29, 0.717) is 10.1 Å². The van der Waals surface area contributed by atoms with Crippen LogP contribution in [-0.2, 0) is 4.79 Å². The van der Waals surface area contributed by atoms with Gasteiger partial charge in [0.15, 0.2) is 5.17 Å². The van der Waals surface area contributed by atoms with E-state index < -0.39 is 0 Å². The number of hydrogen-bond acceptors (Lipinski definition) is 3. The van der Waals surface area contributed by atoms with Crippen molar-refractivity contribution in [2.45, 2.75) is 13.8 Å². The fourth-order valence-corrected chi connectivity index (χ4v) is 4.75. The lowest BCUT2D eigenvalue weighted by atomic mass is 10.0. The summed E-state index contributed by atoms with van der Waals surface area (Å²) in [5.41, 5.74) is 7.27. The molecular formula is C30H24N2OS. The van der Waals surface area contributed by atoms with E-state index in [1.807, 2.05) is 86.7 Å². The Morgan fingerprint density at radius 1 is 0.706 bits per heavy atom. The largest absolute Gasteiger partial charge is 0.271 e. The van der Waals surface area contributed by atoms with Gasteiger partial charge in [-0.15, -0.1) is 0 Å². The summed E-state index contributed by atoms with van der Waals surface area (Å²) in [5.74, 6) is -0.0631. The third kappa shape index (κ3) is 4.73. The lowest BCUT2D eigenvalue weighted by Crippen LogP contribution is -2.28. The molecule has 1 saturated heterocycles. The van der Waals surface area contributed by atoms with Crippen molar-refractivity contribution in [2.24, 2.45) is 4.99 Å². The fourth-order valence-electron chi connectivity index (χ4n) is 3.75. The highest BCUT2D eigenvalue weighted by molar-refractivity contribution is 8.19. The topological polar surface area (TPSA) is 32.7 Å². The molecule has 4 heteroatoms. The first-order chi connectivity index (χ1) is 16.6. The third-order valence-corrected chi connectivity index (χ3v) is 6.64. The molecule has 3 nitrogen and oxygen atoms in total. The normalized spacial score (nSPS) is 15.9. The molecule has 0 bridgehead atoms. The van der Waals surface area contributed by atoms with Crippen molar-refractivity contribution in [1.29, 1.82) is 0 Å². The standard InChI is InChI=1S/C30H24N2OS/c1-21-8-16-26(17-9-21)31-30-32(27-18-10-22(2)11-19-27)29(33)28(34-30)20-23-12-14-25(15-13-23)24-6-4-3-5-7-24/h3-20H,1-2H3/b28-20-,31-30?. The number of hydrogen-bond donors (Lipinski definition) is 0. The minimum Gasteiger partial charge on any atom is -0.268 e. The zero-order valence-electron chi connectivity index (χ0n) is 19.1. The van der Waals surface area contributed by atoms with E-state index in [1.165, 1.54) is 22.9 Å². The van der Waals surface area contributed by atoms with Gasteiger partial charge in [-0.05, 0) is 72.6 Å². The van der Waals surface area contributed by atoms with Crippen LogP contribution < -0.4 is 4.90 Å². The number of rotatable bonds is 4. The minimum atomic E-state index is -0.0631. The molecule has 1 amide bonds. The second kappa shape index (κ2) is 9.54. The molecule has 4 aromatic carbocycles. The average molecular weight is 461 g/mol. The summed E-state index contributed by atoms with van der Waals surface area (Å²) in [7, 11) is 0. The molecule has 0 N–H and O–H groups in total. The summed E-state index contributed by atoms with van der Waals surface area (Å²) in [6, 6.07) is 34.5. The number of nitrogens with zero attached hydrogens (tertiary/aromatic N) is 2. The quantitative estimate of drug-likeness (QED) is 0.291. The second-order valence-corrected chi connectivity index (χ2v) is 9.31. The van der Waals surface area contributed by atoms with Gasteiger partial charge >= 0.3 is 0 Å². The molecule has 0 aliphatic carbocycles. The maximum atomic E-state index is 13.5. The van der Waals surface area contributed by atoms with Crippen molar-refractivity contribution in [3.63, 3.8) is 0 Å². The van der Waals surface area contributed by atoms with Crippen LogP contribution in [0.1, 0.15) is 16.7 Å². The number of amidine groups is 1. The summed E-state index contributed by atoms with van der Waals surface area (Å²) in [6.07, 6.45) is 1.95. The molecule has 0 radical (unpaired) electrons. The van der Waals surface area contributed by atoms with E-state index in [4.69, 9.17) is 4.99 Å². The molecule has 5 rings (SSSR count). The van der Waals surface area contributed by atoms with Gasteiger partial charge in [0.25, 0.3) is 5.91 Å². The molecule has 1 fully saturated rings. The van der Waals surface area contributed by atoms with Gasteiger partial charge in [0.2, 0.25) is 0 Å². The van der Waals surface area contributed by atoms with Gasteiger partial charge in [-0.1, -0.05) is 90.0 Å². The zero-order chi connectivity index (χ0) is 23.5. The van der Waals surface area contributed by atoms with E-state index in [-0.39, 0.29) is 5.91 Å². The molecule has 1 aliphatic rings. The number of benzene rings is 4. The highest BCUT2D eigenvalue weighted by atomic mass is 32.2. The predicted octanol–water partition coefficient (Wildman–Crippen LogP) is 7.78. The third-order valence-electron chi connectivity index (χ3n) is 5.67. The minimum absolute atomic E-state index is 0.0631. The van der Waals surface area contributed by atoms with E-state index in [2.05, 4.69) is 36.4 Å². The van der Waals surface area contributed by atoms with Crippen LogP contribution in [-0.4, -0.2) is 11.1 Å². The number of carbonyl (C=O) groups is 1. The SMILES string of the molecule is Cc1ccc(N=C2S/C(=C\c3ccc(-c4ccccc4)cc3)C(=O)N2c2ccc(C)cc2)cc1. The fraction of sp³-hybridized carbons (Fsp3) is 0.0667. The Balaban J connectivity index is 1.49. The van der Waals surface area contributed by atoms with Crippen LogP contribution in [0.3, 0.4) is 0 Å². The van der Waals surface area contributed by atoms with Gasteiger partial charge in [0.05, 0.1) is 16.3 Å². The summed E-state index contributed by atoms with van der Waals surface area (Å²) >= 11 is 1.41. The summed E-state index contributed by atoms with van der Waals surface area (Å²) in [6.45, 7) is 4.09. The Kier molecular flexibility index (Phi) is 6.15. The van der Waals surface area contributed by atoms with Gasteiger partial charge in [-0.25, -0.2) is 4.99 Å². The summed E-state index contributed by atoms with van der Waals surface area (Å²) in [4.78, 5) is 20.7. The van der Waals surface area contributed by atoms with Crippen LogP contribution in [0.5, 0.6) is 0 Å².